The number of carbonyl (C=O) groups is 1. The molecule has 19 heavy (non-hydrogen) atoms. The van der Waals surface area contributed by atoms with Gasteiger partial charge in [0.2, 0.25) is 5.91 Å². The molecule has 1 heterocycles. The molecule has 1 saturated heterocycles. The monoisotopic (exact) mass is 261 g/mol. The lowest BCUT2D eigenvalue weighted by atomic mass is 9.98. The lowest BCUT2D eigenvalue weighted by Crippen LogP contribution is -2.13. The minimum absolute atomic E-state index is 0.126. The van der Waals surface area contributed by atoms with Crippen LogP contribution in [0.3, 0.4) is 0 Å². The first kappa shape index (κ1) is 12.3. The van der Waals surface area contributed by atoms with Crippen LogP contribution in [0.2, 0.25) is 0 Å². The van der Waals surface area contributed by atoms with Gasteiger partial charge in [0, 0.05) is 18.9 Å². The van der Waals surface area contributed by atoms with Crippen LogP contribution in [-0.2, 0) is 4.79 Å². The largest absolute Gasteiger partial charge is 0.493 e. The first-order valence-electron chi connectivity index (χ1n) is 6.83. The van der Waals surface area contributed by atoms with Crippen molar-refractivity contribution in [1.82, 2.24) is 5.32 Å². The van der Waals surface area contributed by atoms with Crippen molar-refractivity contribution in [3.05, 3.63) is 23.8 Å². The van der Waals surface area contributed by atoms with Crippen molar-refractivity contribution in [3.8, 4) is 11.5 Å². The van der Waals surface area contributed by atoms with Crippen LogP contribution in [0.15, 0.2) is 18.2 Å². The van der Waals surface area contributed by atoms with Crippen molar-refractivity contribution in [2.75, 3.05) is 20.3 Å². The van der Waals surface area contributed by atoms with Crippen LogP contribution < -0.4 is 14.8 Å². The van der Waals surface area contributed by atoms with E-state index in [1.54, 1.807) is 7.11 Å². The van der Waals surface area contributed by atoms with E-state index in [0.29, 0.717) is 18.9 Å². The molecule has 0 aromatic heterocycles. The maximum atomic E-state index is 11.3. The van der Waals surface area contributed by atoms with Crippen molar-refractivity contribution in [3.63, 3.8) is 0 Å². The van der Waals surface area contributed by atoms with Gasteiger partial charge in [0.1, 0.15) is 0 Å². The average molecular weight is 261 g/mol. The zero-order valence-electron chi connectivity index (χ0n) is 11.1. The number of amides is 1. The third-order valence-corrected chi connectivity index (χ3v) is 3.81. The van der Waals surface area contributed by atoms with Gasteiger partial charge in [-0.1, -0.05) is 6.07 Å². The van der Waals surface area contributed by atoms with Gasteiger partial charge in [-0.25, -0.2) is 0 Å². The predicted molar refractivity (Wildman–Crippen MR) is 71.6 cm³/mol. The molecule has 0 spiro atoms. The molecule has 102 valence electrons. The Kier molecular flexibility index (Phi) is 3.32. The van der Waals surface area contributed by atoms with Gasteiger partial charge in [-0.05, 0) is 36.5 Å². The van der Waals surface area contributed by atoms with Crippen molar-refractivity contribution in [2.24, 2.45) is 5.92 Å². The Morgan fingerprint density at radius 3 is 2.79 bits per heavy atom. The Morgan fingerprint density at radius 2 is 2.16 bits per heavy atom. The highest BCUT2D eigenvalue weighted by Crippen LogP contribution is 2.35. The van der Waals surface area contributed by atoms with Crippen LogP contribution in [0.4, 0.5) is 0 Å². The lowest BCUT2D eigenvalue weighted by molar-refractivity contribution is -0.119. The summed E-state index contributed by atoms with van der Waals surface area (Å²) in [5, 5.41) is 2.87. The zero-order valence-corrected chi connectivity index (χ0v) is 11.1. The van der Waals surface area contributed by atoms with Gasteiger partial charge < -0.3 is 14.8 Å². The smallest absolute Gasteiger partial charge is 0.220 e. The molecule has 0 radical (unpaired) electrons. The molecular formula is C15H19NO3. The summed E-state index contributed by atoms with van der Waals surface area (Å²) in [4.78, 5) is 11.3. The molecule has 1 saturated carbocycles. The fraction of sp³-hybridized carbons (Fsp3) is 0.533. The summed E-state index contributed by atoms with van der Waals surface area (Å²) in [6.07, 6.45) is 3.10. The second kappa shape index (κ2) is 5.11. The van der Waals surface area contributed by atoms with E-state index in [4.69, 9.17) is 9.47 Å². The fourth-order valence-electron chi connectivity index (χ4n) is 2.39. The molecule has 0 unspecified atom stereocenters. The SMILES string of the molecule is COc1ccc([C@H]2CNC(=O)C2)cc1OCC1CC1. The summed E-state index contributed by atoms with van der Waals surface area (Å²) in [5.74, 6) is 2.65. The highest BCUT2D eigenvalue weighted by Gasteiger charge is 2.25. The highest BCUT2D eigenvalue weighted by atomic mass is 16.5. The number of hydrogen-bond acceptors (Lipinski definition) is 3. The number of nitrogens with one attached hydrogen (secondary N) is 1. The zero-order chi connectivity index (χ0) is 13.2. The Balaban J connectivity index is 1.76. The van der Waals surface area contributed by atoms with Crippen molar-refractivity contribution < 1.29 is 14.3 Å². The van der Waals surface area contributed by atoms with E-state index in [1.165, 1.54) is 12.8 Å². The van der Waals surface area contributed by atoms with Crippen LogP contribution in [0.25, 0.3) is 0 Å². The topological polar surface area (TPSA) is 47.6 Å². The molecule has 3 rings (SSSR count). The van der Waals surface area contributed by atoms with Crippen LogP contribution in [0.1, 0.15) is 30.7 Å². The molecule has 1 aromatic carbocycles. The van der Waals surface area contributed by atoms with Gasteiger partial charge in [-0.3, -0.25) is 4.79 Å². The molecule has 2 fully saturated rings. The van der Waals surface area contributed by atoms with Gasteiger partial charge >= 0.3 is 0 Å². The van der Waals surface area contributed by atoms with E-state index in [2.05, 4.69) is 5.32 Å². The summed E-state index contributed by atoms with van der Waals surface area (Å²) < 4.78 is 11.2. The molecule has 1 amide bonds. The number of methoxy groups -OCH3 is 1. The maximum Gasteiger partial charge on any atom is 0.220 e. The molecule has 1 aromatic rings. The molecular weight excluding hydrogens is 242 g/mol. The number of rotatable bonds is 5. The average Bonchev–Trinajstić information content (AvgIpc) is 3.16. The number of benzene rings is 1. The molecule has 4 heteroatoms. The Labute approximate surface area is 113 Å². The number of hydrogen-bond donors (Lipinski definition) is 1. The summed E-state index contributed by atoms with van der Waals surface area (Å²) in [7, 11) is 1.65. The summed E-state index contributed by atoms with van der Waals surface area (Å²) in [6.45, 7) is 1.48. The first-order valence-corrected chi connectivity index (χ1v) is 6.83. The minimum atomic E-state index is 0.126. The van der Waals surface area contributed by atoms with Crippen LogP contribution in [0, 0.1) is 5.92 Å². The van der Waals surface area contributed by atoms with Gasteiger partial charge in [-0.2, -0.15) is 0 Å². The second-order valence-electron chi connectivity index (χ2n) is 5.37. The van der Waals surface area contributed by atoms with E-state index in [0.717, 1.165) is 23.7 Å². The minimum Gasteiger partial charge on any atom is -0.493 e. The van der Waals surface area contributed by atoms with E-state index in [-0.39, 0.29) is 11.8 Å². The normalized spacial score (nSPS) is 22.2. The summed E-state index contributed by atoms with van der Waals surface area (Å²) in [5.41, 5.74) is 1.14. The fourth-order valence-corrected chi connectivity index (χ4v) is 2.39. The Morgan fingerprint density at radius 1 is 1.32 bits per heavy atom. The van der Waals surface area contributed by atoms with Crippen molar-refractivity contribution in [1.29, 1.82) is 0 Å². The Bertz CT molecular complexity index is 482. The predicted octanol–water partition coefficient (Wildman–Crippen LogP) is 2.09. The third kappa shape index (κ3) is 2.83. The molecule has 4 nitrogen and oxygen atoms in total. The molecule has 1 atom stereocenters. The quantitative estimate of drug-likeness (QED) is 0.883. The van der Waals surface area contributed by atoms with Crippen molar-refractivity contribution >= 4 is 5.91 Å². The van der Waals surface area contributed by atoms with Gasteiger partial charge in [0.05, 0.1) is 13.7 Å². The van der Waals surface area contributed by atoms with Gasteiger partial charge in [0.15, 0.2) is 11.5 Å². The number of carbonyl (C=O) groups excluding carboxylic acids is 1. The molecule has 2 aliphatic rings. The summed E-state index contributed by atoms with van der Waals surface area (Å²) >= 11 is 0. The lowest BCUT2D eigenvalue weighted by Gasteiger charge is -2.14. The van der Waals surface area contributed by atoms with E-state index >= 15 is 0 Å². The molecule has 1 aliphatic heterocycles. The second-order valence-corrected chi connectivity index (χ2v) is 5.37. The standard InChI is InChI=1S/C15H19NO3/c1-18-13-5-4-11(12-7-15(17)16-8-12)6-14(13)19-9-10-2-3-10/h4-6,10,12H,2-3,7-9H2,1H3,(H,16,17)/t12-/m1/s1. The van der Waals surface area contributed by atoms with Crippen molar-refractivity contribution in [2.45, 2.75) is 25.2 Å². The van der Waals surface area contributed by atoms with Crippen LogP contribution in [-0.4, -0.2) is 26.2 Å². The summed E-state index contributed by atoms with van der Waals surface area (Å²) in [6, 6.07) is 5.97. The molecule has 0 bridgehead atoms. The number of ether oxygens (including phenoxy) is 2. The highest BCUT2D eigenvalue weighted by molar-refractivity contribution is 5.79. The Hall–Kier alpha value is -1.71. The first-order chi connectivity index (χ1) is 9.26. The van der Waals surface area contributed by atoms with Crippen LogP contribution in [0.5, 0.6) is 11.5 Å². The van der Waals surface area contributed by atoms with Crippen LogP contribution >= 0.6 is 0 Å². The van der Waals surface area contributed by atoms with Gasteiger partial charge in [0.25, 0.3) is 0 Å². The van der Waals surface area contributed by atoms with Gasteiger partial charge in [-0.15, -0.1) is 0 Å². The van der Waals surface area contributed by atoms with E-state index in [9.17, 15) is 4.79 Å². The third-order valence-electron chi connectivity index (χ3n) is 3.81. The molecule has 1 N–H and O–H groups in total. The maximum absolute atomic E-state index is 11.3. The molecule has 1 aliphatic carbocycles. The van der Waals surface area contributed by atoms with E-state index < -0.39 is 0 Å². The van der Waals surface area contributed by atoms with E-state index in [1.807, 2.05) is 18.2 Å².